The molecule has 2 N–H and O–H groups in total. The minimum atomic E-state index is 0.582. The van der Waals surface area contributed by atoms with Crippen LogP contribution in [0.25, 0.3) is 10.9 Å². The van der Waals surface area contributed by atoms with Gasteiger partial charge in [0.2, 0.25) is 0 Å². The average Bonchev–Trinajstić information content (AvgIpc) is 2.12. The molecule has 0 radical (unpaired) electrons. The van der Waals surface area contributed by atoms with Crippen molar-refractivity contribution in [3.63, 3.8) is 0 Å². The van der Waals surface area contributed by atoms with Crippen LogP contribution in [0.1, 0.15) is 5.69 Å². The Bertz CT molecular complexity index is 466. The lowest BCUT2D eigenvalue weighted by Gasteiger charge is -2.03. The van der Waals surface area contributed by atoms with Crippen LogP contribution in [0, 0.1) is 6.92 Å². The van der Waals surface area contributed by atoms with Crippen LogP contribution in [0.3, 0.4) is 0 Å². The van der Waals surface area contributed by atoms with E-state index in [1.807, 2.05) is 25.1 Å². The molecule has 1 aromatic carbocycles. The van der Waals surface area contributed by atoms with E-state index in [-0.39, 0.29) is 0 Å². The summed E-state index contributed by atoms with van der Waals surface area (Å²) in [6.45, 7) is 1.95. The molecule has 2 nitrogen and oxygen atoms in total. The molecule has 0 bridgehead atoms. The zero-order valence-corrected chi connectivity index (χ0v) is 7.97. The van der Waals surface area contributed by atoms with Gasteiger partial charge in [-0.3, -0.25) is 4.98 Å². The van der Waals surface area contributed by atoms with Crippen molar-refractivity contribution in [3.8, 4) is 0 Å². The lowest BCUT2D eigenvalue weighted by Crippen LogP contribution is -1.90. The second-order valence-electron chi connectivity index (χ2n) is 2.98. The highest BCUT2D eigenvalue weighted by molar-refractivity contribution is 6.34. The molecule has 0 aliphatic carbocycles. The number of nitrogens with two attached hydrogens (primary N) is 1. The van der Waals surface area contributed by atoms with E-state index in [2.05, 4.69) is 4.98 Å². The lowest BCUT2D eigenvalue weighted by molar-refractivity contribution is 1.26. The van der Waals surface area contributed by atoms with Crippen LogP contribution in [0.5, 0.6) is 0 Å². The summed E-state index contributed by atoms with van der Waals surface area (Å²) in [5, 5.41) is 1.50. The first-order valence-electron chi connectivity index (χ1n) is 4.00. The Morgan fingerprint density at radius 2 is 2.00 bits per heavy atom. The van der Waals surface area contributed by atoms with Crippen molar-refractivity contribution in [2.45, 2.75) is 6.92 Å². The molecule has 0 saturated carbocycles. The highest BCUT2D eigenvalue weighted by atomic mass is 35.5. The van der Waals surface area contributed by atoms with Gasteiger partial charge in [-0.15, -0.1) is 0 Å². The molecule has 1 heterocycles. The molecule has 0 atom stereocenters. The highest BCUT2D eigenvalue weighted by Crippen LogP contribution is 2.27. The fraction of sp³-hybridized carbons (Fsp3) is 0.100. The van der Waals surface area contributed by atoms with E-state index < -0.39 is 0 Å². The minimum Gasteiger partial charge on any atom is -0.397 e. The summed E-state index contributed by atoms with van der Waals surface area (Å²) in [7, 11) is 0. The lowest BCUT2D eigenvalue weighted by atomic mass is 10.1. The number of hydrogen-bond donors (Lipinski definition) is 1. The van der Waals surface area contributed by atoms with Gasteiger partial charge in [-0.05, 0) is 31.2 Å². The highest BCUT2D eigenvalue weighted by Gasteiger charge is 2.02. The quantitative estimate of drug-likeness (QED) is 0.652. The van der Waals surface area contributed by atoms with Gasteiger partial charge in [-0.2, -0.15) is 0 Å². The van der Waals surface area contributed by atoms with Gasteiger partial charge in [0.1, 0.15) is 0 Å². The molecule has 1 aromatic heterocycles. The standard InChI is InChI=1S/C10H9ClN2/c1-6-2-3-7-9(13-6)5-4-8(11)10(7)12/h2-5H,12H2,1H3. The van der Waals surface area contributed by atoms with Gasteiger partial charge in [0.05, 0.1) is 16.2 Å². The molecule has 0 unspecified atom stereocenters. The van der Waals surface area contributed by atoms with Gasteiger partial charge in [0.15, 0.2) is 0 Å². The Kier molecular flexibility index (Phi) is 1.85. The van der Waals surface area contributed by atoms with Crippen molar-refractivity contribution in [2.24, 2.45) is 0 Å². The molecular formula is C10H9ClN2. The second-order valence-corrected chi connectivity index (χ2v) is 3.39. The fourth-order valence-electron chi connectivity index (χ4n) is 1.30. The van der Waals surface area contributed by atoms with Crippen LogP contribution in [0.2, 0.25) is 5.02 Å². The average molecular weight is 193 g/mol. The third kappa shape index (κ3) is 1.33. The number of fused-ring (bicyclic) bond motifs is 1. The number of pyridine rings is 1. The van der Waals surface area contributed by atoms with Crippen LogP contribution in [0.4, 0.5) is 5.69 Å². The van der Waals surface area contributed by atoms with E-state index >= 15 is 0 Å². The SMILES string of the molecule is Cc1ccc2c(N)c(Cl)ccc2n1. The van der Waals surface area contributed by atoms with E-state index in [1.165, 1.54) is 0 Å². The number of hydrogen-bond acceptors (Lipinski definition) is 2. The number of aromatic nitrogens is 1. The van der Waals surface area contributed by atoms with Crippen LogP contribution >= 0.6 is 11.6 Å². The number of nitrogens with zero attached hydrogens (tertiary/aromatic N) is 1. The van der Waals surface area contributed by atoms with Crippen LogP contribution in [0.15, 0.2) is 24.3 Å². The number of benzene rings is 1. The molecule has 66 valence electrons. The first-order chi connectivity index (χ1) is 6.18. The number of anilines is 1. The molecule has 2 rings (SSSR count). The third-order valence-corrected chi connectivity index (χ3v) is 2.33. The number of nitrogen functional groups attached to an aromatic ring is 1. The Morgan fingerprint density at radius 3 is 2.77 bits per heavy atom. The normalized spacial score (nSPS) is 10.6. The van der Waals surface area contributed by atoms with Crippen molar-refractivity contribution in [1.29, 1.82) is 0 Å². The Labute approximate surface area is 81.3 Å². The summed E-state index contributed by atoms with van der Waals surface area (Å²) in [5.74, 6) is 0. The monoisotopic (exact) mass is 192 g/mol. The zero-order chi connectivity index (χ0) is 9.42. The smallest absolute Gasteiger partial charge is 0.0726 e. The van der Waals surface area contributed by atoms with Crippen LogP contribution in [-0.2, 0) is 0 Å². The Hall–Kier alpha value is -1.28. The van der Waals surface area contributed by atoms with Crippen molar-refractivity contribution >= 4 is 28.2 Å². The van der Waals surface area contributed by atoms with E-state index in [0.717, 1.165) is 16.6 Å². The van der Waals surface area contributed by atoms with E-state index in [4.69, 9.17) is 17.3 Å². The summed E-state index contributed by atoms with van der Waals surface area (Å²) < 4.78 is 0. The summed E-state index contributed by atoms with van der Waals surface area (Å²) in [6.07, 6.45) is 0. The Balaban J connectivity index is 2.87. The predicted octanol–water partition coefficient (Wildman–Crippen LogP) is 2.78. The molecule has 13 heavy (non-hydrogen) atoms. The molecule has 0 aliphatic heterocycles. The molecular weight excluding hydrogens is 184 g/mol. The minimum absolute atomic E-state index is 0.582. The van der Waals surface area contributed by atoms with Gasteiger partial charge in [-0.1, -0.05) is 11.6 Å². The maximum absolute atomic E-state index is 5.87. The number of rotatable bonds is 0. The van der Waals surface area contributed by atoms with Crippen molar-refractivity contribution in [1.82, 2.24) is 4.98 Å². The van der Waals surface area contributed by atoms with Gasteiger partial charge in [0.25, 0.3) is 0 Å². The van der Waals surface area contributed by atoms with Crippen molar-refractivity contribution in [2.75, 3.05) is 5.73 Å². The molecule has 3 heteroatoms. The van der Waals surface area contributed by atoms with Crippen LogP contribution < -0.4 is 5.73 Å². The predicted molar refractivity (Wildman–Crippen MR) is 55.9 cm³/mol. The summed E-state index contributed by atoms with van der Waals surface area (Å²) in [4.78, 5) is 4.34. The maximum atomic E-state index is 5.87. The van der Waals surface area contributed by atoms with Crippen molar-refractivity contribution in [3.05, 3.63) is 35.0 Å². The van der Waals surface area contributed by atoms with E-state index in [0.29, 0.717) is 10.7 Å². The zero-order valence-electron chi connectivity index (χ0n) is 7.21. The fourth-order valence-corrected chi connectivity index (χ4v) is 1.47. The van der Waals surface area contributed by atoms with Crippen LogP contribution in [-0.4, -0.2) is 4.98 Å². The first-order valence-corrected chi connectivity index (χ1v) is 4.37. The largest absolute Gasteiger partial charge is 0.397 e. The molecule has 0 amide bonds. The van der Waals surface area contributed by atoms with Gasteiger partial charge in [-0.25, -0.2) is 0 Å². The van der Waals surface area contributed by atoms with E-state index in [9.17, 15) is 0 Å². The molecule has 0 saturated heterocycles. The number of aryl methyl sites for hydroxylation is 1. The molecule has 0 fully saturated rings. The molecule has 0 spiro atoms. The Morgan fingerprint density at radius 1 is 1.23 bits per heavy atom. The van der Waals surface area contributed by atoms with Gasteiger partial charge >= 0.3 is 0 Å². The topological polar surface area (TPSA) is 38.9 Å². The van der Waals surface area contributed by atoms with Gasteiger partial charge in [0, 0.05) is 11.1 Å². The first kappa shape index (κ1) is 8.32. The summed E-state index contributed by atoms with van der Waals surface area (Å²) in [6, 6.07) is 7.51. The maximum Gasteiger partial charge on any atom is 0.0726 e. The number of halogens is 1. The summed E-state index contributed by atoms with van der Waals surface area (Å²) >= 11 is 5.87. The third-order valence-electron chi connectivity index (χ3n) is 2.00. The van der Waals surface area contributed by atoms with Crippen molar-refractivity contribution < 1.29 is 0 Å². The van der Waals surface area contributed by atoms with E-state index in [1.54, 1.807) is 6.07 Å². The second kappa shape index (κ2) is 2.89. The summed E-state index contributed by atoms with van der Waals surface area (Å²) in [5.41, 5.74) is 8.27. The molecule has 2 aromatic rings. The molecule has 0 aliphatic rings. The van der Waals surface area contributed by atoms with Gasteiger partial charge < -0.3 is 5.73 Å².